The van der Waals surface area contributed by atoms with Crippen molar-refractivity contribution in [3.8, 4) is 5.75 Å². The van der Waals surface area contributed by atoms with E-state index in [4.69, 9.17) is 4.74 Å². The summed E-state index contributed by atoms with van der Waals surface area (Å²) in [6.45, 7) is 1.29. The highest BCUT2D eigenvalue weighted by atomic mass is 32.2. The van der Waals surface area contributed by atoms with E-state index in [1.165, 1.54) is 6.92 Å². The van der Waals surface area contributed by atoms with Crippen LogP contribution < -0.4 is 15.4 Å². The SMILES string of the molecule is CSCC[C@H](NC(=O)COc1ccccc1)C(=O)Nc1cccc(C(C)=O)c1. The largest absolute Gasteiger partial charge is 0.484 e. The number of carbonyl (C=O) groups is 3. The van der Waals surface area contributed by atoms with E-state index >= 15 is 0 Å². The molecule has 0 bridgehead atoms. The van der Waals surface area contributed by atoms with Crippen molar-refractivity contribution in [3.05, 3.63) is 60.2 Å². The van der Waals surface area contributed by atoms with Gasteiger partial charge in [-0.1, -0.05) is 30.3 Å². The summed E-state index contributed by atoms with van der Waals surface area (Å²) in [7, 11) is 0. The molecule has 28 heavy (non-hydrogen) atoms. The van der Waals surface area contributed by atoms with E-state index in [1.54, 1.807) is 48.2 Å². The summed E-state index contributed by atoms with van der Waals surface area (Å²) in [6, 6.07) is 15.0. The van der Waals surface area contributed by atoms with Crippen LogP contribution in [0.25, 0.3) is 0 Å². The second-order valence-electron chi connectivity index (χ2n) is 6.13. The van der Waals surface area contributed by atoms with Gasteiger partial charge in [-0.3, -0.25) is 14.4 Å². The molecule has 2 N–H and O–H groups in total. The first-order valence-electron chi connectivity index (χ1n) is 8.87. The monoisotopic (exact) mass is 400 g/mol. The van der Waals surface area contributed by atoms with Gasteiger partial charge in [0.15, 0.2) is 12.4 Å². The molecule has 2 aromatic rings. The third-order valence-electron chi connectivity index (χ3n) is 3.91. The Morgan fingerprint density at radius 1 is 1.07 bits per heavy atom. The Bertz CT molecular complexity index is 811. The first-order chi connectivity index (χ1) is 13.5. The van der Waals surface area contributed by atoms with Gasteiger partial charge in [0.25, 0.3) is 5.91 Å². The predicted octanol–water partition coefficient (Wildman–Crippen LogP) is 3.14. The molecule has 148 valence electrons. The molecule has 0 aromatic heterocycles. The highest BCUT2D eigenvalue weighted by Crippen LogP contribution is 2.13. The van der Waals surface area contributed by atoms with Gasteiger partial charge in [-0.05, 0) is 49.6 Å². The highest BCUT2D eigenvalue weighted by Gasteiger charge is 2.21. The number of amides is 2. The molecule has 0 heterocycles. The number of thioether (sulfide) groups is 1. The van der Waals surface area contributed by atoms with Crippen molar-refractivity contribution >= 4 is 35.0 Å². The molecule has 2 amide bonds. The van der Waals surface area contributed by atoms with Crippen molar-refractivity contribution < 1.29 is 19.1 Å². The van der Waals surface area contributed by atoms with Crippen LogP contribution in [0.3, 0.4) is 0 Å². The van der Waals surface area contributed by atoms with Crippen molar-refractivity contribution in [2.24, 2.45) is 0 Å². The van der Waals surface area contributed by atoms with E-state index in [9.17, 15) is 14.4 Å². The first kappa shape index (κ1) is 21.5. The van der Waals surface area contributed by atoms with Crippen molar-refractivity contribution in [2.75, 3.05) is 23.9 Å². The molecule has 0 radical (unpaired) electrons. The van der Waals surface area contributed by atoms with Crippen molar-refractivity contribution in [2.45, 2.75) is 19.4 Å². The number of hydrogen-bond acceptors (Lipinski definition) is 5. The number of para-hydroxylation sites is 1. The van der Waals surface area contributed by atoms with E-state index in [-0.39, 0.29) is 24.2 Å². The zero-order valence-electron chi connectivity index (χ0n) is 15.9. The fourth-order valence-corrected chi connectivity index (χ4v) is 2.92. The lowest BCUT2D eigenvalue weighted by Gasteiger charge is -2.18. The smallest absolute Gasteiger partial charge is 0.258 e. The number of carbonyl (C=O) groups excluding carboxylic acids is 3. The quantitative estimate of drug-likeness (QED) is 0.599. The molecular weight excluding hydrogens is 376 g/mol. The molecule has 6 nitrogen and oxygen atoms in total. The third kappa shape index (κ3) is 7.08. The standard InChI is InChI=1S/C21H24N2O4S/c1-15(24)16-7-6-8-17(13-16)22-21(26)19(11-12-28-2)23-20(25)14-27-18-9-4-3-5-10-18/h3-10,13,19H,11-12,14H2,1-2H3,(H,22,26)(H,23,25)/t19-/m0/s1. The van der Waals surface area contributed by atoms with Crippen LogP contribution in [0.15, 0.2) is 54.6 Å². The fraction of sp³-hybridized carbons (Fsp3) is 0.286. The van der Waals surface area contributed by atoms with Crippen LogP contribution >= 0.6 is 11.8 Å². The molecule has 0 aliphatic heterocycles. The van der Waals surface area contributed by atoms with Crippen LogP contribution in [-0.2, 0) is 9.59 Å². The number of nitrogens with one attached hydrogen (secondary N) is 2. The minimum absolute atomic E-state index is 0.0820. The number of benzene rings is 2. The maximum Gasteiger partial charge on any atom is 0.258 e. The zero-order valence-corrected chi connectivity index (χ0v) is 16.8. The lowest BCUT2D eigenvalue weighted by molar-refractivity contribution is -0.127. The summed E-state index contributed by atoms with van der Waals surface area (Å²) in [5.41, 5.74) is 1.03. The molecule has 0 fully saturated rings. The summed E-state index contributed by atoms with van der Waals surface area (Å²) in [5, 5.41) is 5.49. The van der Waals surface area contributed by atoms with E-state index < -0.39 is 6.04 Å². The van der Waals surface area contributed by atoms with Crippen LogP contribution in [0.5, 0.6) is 5.75 Å². The number of anilines is 1. The molecule has 0 unspecified atom stereocenters. The molecule has 2 aromatic carbocycles. The van der Waals surface area contributed by atoms with Crippen LogP contribution in [-0.4, -0.2) is 42.3 Å². The maximum atomic E-state index is 12.6. The average molecular weight is 401 g/mol. The Hall–Kier alpha value is -2.80. The molecular formula is C21H24N2O4S. The van der Waals surface area contributed by atoms with Gasteiger partial charge in [-0.2, -0.15) is 11.8 Å². The molecule has 7 heteroatoms. The molecule has 0 saturated heterocycles. The Morgan fingerprint density at radius 2 is 1.82 bits per heavy atom. The maximum absolute atomic E-state index is 12.6. The van der Waals surface area contributed by atoms with Gasteiger partial charge < -0.3 is 15.4 Å². The Balaban J connectivity index is 1.97. The normalized spacial score (nSPS) is 11.4. The van der Waals surface area contributed by atoms with Crippen molar-refractivity contribution in [1.29, 1.82) is 0 Å². The summed E-state index contributed by atoms with van der Waals surface area (Å²) in [4.78, 5) is 36.4. The van der Waals surface area contributed by atoms with Crippen molar-refractivity contribution in [3.63, 3.8) is 0 Å². The van der Waals surface area contributed by atoms with E-state index in [0.717, 1.165) is 0 Å². The summed E-state index contributed by atoms with van der Waals surface area (Å²) in [6.07, 6.45) is 2.42. The summed E-state index contributed by atoms with van der Waals surface area (Å²) in [5.74, 6) is 0.515. The van der Waals surface area contributed by atoms with Gasteiger partial charge in [0.05, 0.1) is 0 Å². The van der Waals surface area contributed by atoms with E-state index in [0.29, 0.717) is 29.2 Å². The van der Waals surface area contributed by atoms with Gasteiger partial charge in [0.1, 0.15) is 11.8 Å². The number of ketones is 1. The van der Waals surface area contributed by atoms with Crippen molar-refractivity contribution in [1.82, 2.24) is 5.32 Å². The lowest BCUT2D eigenvalue weighted by atomic mass is 10.1. The topological polar surface area (TPSA) is 84.5 Å². The molecule has 2 rings (SSSR count). The zero-order chi connectivity index (χ0) is 20.4. The molecule has 0 saturated carbocycles. The predicted molar refractivity (Wildman–Crippen MR) is 112 cm³/mol. The van der Waals surface area contributed by atoms with E-state index in [1.807, 2.05) is 24.5 Å². The average Bonchev–Trinajstić information content (AvgIpc) is 2.70. The number of rotatable bonds is 10. The Kier molecular flexibility index (Phi) is 8.55. The Morgan fingerprint density at radius 3 is 2.50 bits per heavy atom. The number of ether oxygens (including phenoxy) is 1. The summed E-state index contributed by atoms with van der Waals surface area (Å²) < 4.78 is 5.43. The Labute approximate surface area is 169 Å². The third-order valence-corrected chi connectivity index (χ3v) is 4.56. The minimum atomic E-state index is -0.694. The van der Waals surface area contributed by atoms with Crippen LogP contribution in [0, 0.1) is 0 Å². The molecule has 0 aliphatic rings. The van der Waals surface area contributed by atoms with Gasteiger partial charge in [-0.15, -0.1) is 0 Å². The van der Waals surface area contributed by atoms with Crippen LogP contribution in [0.4, 0.5) is 5.69 Å². The lowest BCUT2D eigenvalue weighted by Crippen LogP contribution is -2.45. The van der Waals surface area contributed by atoms with Gasteiger partial charge >= 0.3 is 0 Å². The molecule has 0 aliphatic carbocycles. The van der Waals surface area contributed by atoms with Crippen LogP contribution in [0.1, 0.15) is 23.7 Å². The second kappa shape index (κ2) is 11.1. The number of hydrogen-bond donors (Lipinski definition) is 2. The first-order valence-corrected chi connectivity index (χ1v) is 10.3. The minimum Gasteiger partial charge on any atom is -0.484 e. The molecule has 0 spiro atoms. The van der Waals surface area contributed by atoms with Gasteiger partial charge in [0, 0.05) is 11.3 Å². The van der Waals surface area contributed by atoms with Gasteiger partial charge in [0.2, 0.25) is 5.91 Å². The molecule has 1 atom stereocenters. The fourth-order valence-electron chi connectivity index (χ4n) is 2.45. The highest BCUT2D eigenvalue weighted by molar-refractivity contribution is 7.98. The van der Waals surface area contributed by atoms with E-state index in [2.05, 4.69) is 10.6 Å². The number of Topliss-reactive ketones (excluding diaryl/α,β-unsaturated/α-hetero) is 1. The van der Waals surface area contributed by atoms with Gasteiger partial charge in [-0.25, -0.2) is 0 Å². The van der Waals surface area contributed by atoms with Crippen LogP contribution in [0.2, 0.25) is 0 Å². The second-order valence-corrected chi connectivity index (χ2v) is 7.12. The summed E-state index contributed by atoms with van der Waals surface area (Å²) >= 11 is 1.59.